The van der Waals surface area contributed by atoms with Crippen molar-refractivity contribution in [1.29, 1.82) is 0 Å². The summed E-state index contributed by atoms with van der Waals surface area (Å²) in [7, 11) is 0. The number of rotatable bonds is 2. The second-order valence-corrected chi connectivity index (χ2v) is 1.68. The molecule has 0 heteroatoms. The van der Waals surface area contributed by atoms with Crippen molar-refractivity contribution in [1.82, 2.24) is 0 Å². The molecule has 0 aliphatic carbocycles. The van der Waals surface area contributed by atoms with Crippen LogP contribution in [0.25, 0.3) is 0 Å². The molecule has 44 valence electrons. The first-order chi connectivity index (χ1) is 3.85. The zero-order chi connectivity index (χ0) is 6.41. The minimum Gasteiger partial charge on any atom is -0.120 e. The Hall–Kier alpha value is -0.700. The van der Waals surface area contributed by atoms with Crippen LogP contribution in [0, 0.1) is 12.3 Å². The summed E-state index contributed by atoms with van der Waals surface area (Å²) >= 11 is 0. The van der Waals surface area contributed by atoms with E-state index in [0.29, 0.717) is 0 Å². The third-order valence-corrected chi connectivity index (χ3v) is 1.19. The first-order valence-electron chi connectivity index (χ1n) is 2.92. The molecule has 0 rings (SSSR count). The van der Waals surface area contributed by atoms with Crippen LogP contribution < -0.4 is 0 Å². The second kappa shape index (κ2) is 4.46. The largest absolute Gasteiger partial charge is 0.120 e. The van der Waals surface area contributed by atoms with Crippen LogP contribution in [0.1, 0.15) is 26.7 Å². The van der Waals surface area contributed by atoms with E-state index in [1.807, 2.05) is 6.92 Å². The molecule has 0 spiro atoms. The summed E-state index contributed by atoms with van der Waals surface area (Å²) in [6, 6.07) is 0. The number of hydrogen-bond acceptors (Lipinski definition) is 0. The number of allylic oxidation sites excluding steroid dienone is 2. The fourth-order valence-electron chi connectivity index (χ4n) is 0.562. The van der Waals surface area contributed by atoms with Gasteiger partial charge in [-0.05, 0) is 13.3 Å². The van der Waals surface area contributed by atoms with E-state index >= 15 is 0 Å². The Bertz CT molecular complexity index is 112. The Kier molecular flexibility index (Phi) is 4.07. The van der Waals surface area contributed by atoms with Gasteiger partial charge in [-0.3, -0.25) is 0 Å². The van der Waals surface area contributed by atoms with E-state index in [9.17, 15) is 0 Å². The monoisotopic (exact) mass is 108 g/mol. The zero-order valence-electron chi connectivity index (χ0n) is 5.57. The van der Waals surface area contributed by atoms with Crippen LogP contribution in [-0.4, -0.2) is 0 Å². The fraction of sp³-hybridized carbons (Fsp3) is 0.500. The Morgan fingerprint density at radius 2 is 2.38 bits per heavy atom. The quantitative estimate of drug-likeness (QED) is 0.376. The summed E-state index contributed by atoms with van der Waals surface area (Å²) < 4.78 is 0. The van der Waals surface area contributed by atoms with Gasteiger partial charge in [-0.15, -0.1) is 12.3 Å². The molecule has 0 fully saturated rings. The van der Waals surface area contributed by atoms with E-state index < -0.39 is 0 Å². The predicted molar refractivity (Wildman–Crippen MR) is 37.5 cm³/mol. The van der Waals surface area contributed by atoms with Crippen LogP contribution >= 0.6 is 0 Å². The van der Waals surface area contributed by atoms with Gasteiger partial charge in [0.25, 0.3) is 0 Å². The molecule has 0 saturated heterocycles. The van der Waals surface area contributed by atoms with Crippen molar-refractivity contribution in [2.45, 2.75) is 26.7 Å². The highest BCUT2D eigenvalue weighted by atomic mass is 13.9. The SMILES string of the molecule is C#CC/C(=C/C)CC. The third kappa shape index (κ3) is 2.47. The molecule has 0 saturated carbocycles. The van der Waals surface area contributed by atoms with Crippen LogP contribution in [0.4, 0.5) is 0 Å². The van der Waals surface area contributed by atoms with Gasteiger partial charge in [-0.1, -0.05) is 18.6 Å². The van der Waals surface area contributed by atoms with Crippen molar-refractivity contribution in [2.24, 2.45) is 0 Å². The molecule has 0 N–H and O–H groups in total. The highest BCUT2D eigenvalue weighted by Crippen LogP contribution is 2.02. The van der Waals surface area contributed by atoms with Crippen LogP contribution in [0.3, 0.4) is 0 Å². The van der Waals surface area contributed by atoms with Crippen molar-refractivity contribution in [3.8, 4) is 12.3 Å². The molecule has 0 unspecified atom stereocenters. The van der Waals surface area contributed by atoms with E-state index in [1.54, 1.807) is 0 Å². The molecule has 0 bridgehead atoms. The van der Waals surface area contributed by atoms with Gasteiger partial charge in [0, 0.05) is 6.42 Å². The van der Waals surface area contributed by atoms with Gasteiger partial charge >= 0.3 is 0 Å². The van der Waals surface area contributed by atoms with E-state index in [4.69, 9.17) is 6.42 Å². The lowest BCUT2D eigenvalue weighted by atomic mass is 10.1. The minimum absolute atomic E-state index is 0.812. The molecule has 0 heterocycles. The van der Waals surface area contributed by atoms with Gasteiger partial charge in [-0.2, -0.15) is 0 Å². The lowest BCUT2D eigenvalue weighted by Gasteiger charge is -1.93. The summed E-state index contributed by atoms with van der Waals surface area (Å²) in [5.41, 5.74) is 1.35. The minimum atomic E-state index is 0.812. The average Bonchev–Trinajstić information content (AvgIpc) is 1.83. The molecular formula is C8H12. The molecule has 0 amide bonds. The maximum atomic E-state index is 5.09. The molecule has 0 radical (unpaired) electrons. The van der Waals surface area contributed by atoms with Crippen molar-refractivity contribution >= 4 is 0 Å². The summed E-state index contributed by atoms with van der Waals surface area (Å²) in [5, 5.41) is 0. The van der Waals surface area contributed by atoms with E-state index in [-0.39, 0.29) is 0 Å². The van der Waals surface area contributed by atoms with E-state index in [2.05, 4.69) is 18.9 Å². The van der Waals surface area contributed by atoms with Crippen molar-refractivity contribution in [3.05, 3.63) is 11.6 Å². The van der Waals surface area contributed by atoms with Gasteiger partial charge in [0.05, 0.1) is 0 Å². The molecule has 0 aromatic carbocycles. The summed E-state index contributed by atoms with van der Waals surface area (Å²) in [6.45, 7) is 4.14. The predicted octanol–water partition coefficient (Wildman–Crippen LogP) is 2.37. The molecule has 0 aliphatic heterocycles. The molecule has 0 aromatic rings. The summed E-state index contributed by atoms with van der Waals surface area (Å²) in [4.78, 5) is 0. The van der Waals surface area contributed by atoms with Crippen molar-refractivity contribution in [2.75, 3.05) is 0 Å². The highest BCUT2D eigenvalue weighted by Gasteiger charge is 1.84. The Morgan fingerprint density at radius 3 is 2.50 bits per heavy atom. The maximum Gasteiger partial charge on any atom is 0.0296 e. The normalized spacial score (nSPS) is 10.9. The average molecular weight is 108 g/mol. The van der Waals surface area contributed by atoms with Gasteiger partial charge < -0.3 is 0 Å². The molecule has 0 nitrogen and oxygen atoms in total. The molecule has 8 heavy (non-hydrogen) atoms. The van der Waals surface area contributed by atoms with Crippen LogP contribution in [0.2, 0.25) is 0 Å². The van der Waals surface area contributed by atoms with Gasteiger partial charge in [-0.25, -0.2) is 0 Å². The molecular weight excluding hydrogens is 96.1 g/mol. The molecule has 0 aromatic heterocycles. The first kappa shape index (κ1) is 7.30. The molecule has 0 aliphatic rings. The first-order valence-corrected chi connectivity index (χ1v) is 2.92. The Balaban J connectivity index is 3.59. The zero-order valence-corrected chi connectivity index (χ0v) is 5.57. The van der Waals surface area contributed by atoms with Gasteiger partial charge in [0.1, 0.15) is 0 Å². The van der Waals surface area contributed by atoms with Crippen LogP contribution in [0.15, 0.2) is 11.6 Å². The lowest BCUT2D eigenvalue weighted by Crippen LogP contribution is -1.74. The second-order valence-electron chi connectivity index (χ2n) is 1.68. The topological polar surface area (TPSA) is 0 Å². The Labute approximate surface area is 51.6 Å². The summed E-state index contributed by atoms with van der Waals surface area (Å²) in [6.07, 6.45) is 9.07. The maximum absolute atomic E-state index is 5.09. The van der Waals surface area contributed by atoms with Gasteiger partial charge in [0.2, 0.25) is 0 Å². The lowest BCUT2D eigenvalue weighted by molar-refractivity contribution is 1.04. The van der Waals surface area contributed by atoms with Crippen LogP contribution in [0.5, 0.6) is 0 Å². The third-order valence-electron chi connectivity index (χ3n) is 1.19. The van der Waals surface area contributed by atoms with Gasteiger partial charge in [0.15, 0.2) is 0 Å². The summed E-state index contributed by atoms with van der Waals surface area (Å²) in [5.74, 6) is 2.60. The van der Waals surface area contributed by atoms with Crippen LogP contribution in [-0.2, 0) is 0 Å². The number of hydrogen-bond donors (Lipinski definition) is 0. The molecule has 0 atom stereocenters. The van der Waals surface area contributed by atoms with E-state index in [0.717, 1.165) is 12.8 Å². The fourth-order valence-corrected chi connectivity index (χ4v) is 0.562. The number of terminal acetylenes is 1. The van der Waals surface area contributed by atoms with Crippen molar-refractivity contribution < 1.29 is 0 Å². The Morgan fingerprint density at radius 1 is 1.75 bits per heavy atom. The van der Waals surface area contributed by atoms with E-state index in [1.165, 1.54) is 5.57 Å². The highest BCUT2D eigenvalue weighted by molar-refractivity contribution is 5.08. The van der Waals surface area contributed by atoms with Crippen molar-refractivity contribution in [3.63, 3.8) is 0 Å². The smallest absolute Gasteiger partial charge is 0.0296 e. The standard InChI is InChI=1S/C8H12/c1-4-7-8(5-2)6-3/h1,5H,6-7H2,2-3H3/b8-5+.